The van der Waals surface area contributed by atoms with Gasteiger partial charge >= 0.3 is 0 Å². The van der Waals surface area contributed by atoms with Crippen molar-refractivity contribution in [3.63, 3.8) is 0 Å². The van der Waals surface area contributed by atoms with Crippen LogP contribution in [0.1, 0.15) is 24.2 Å². The molecule has 1 aromatic carbocycles. The second-order valence-electron chi connectivity index (χ2n) is 4.33. The Morgan fingerprint density at radius 2 is 2.06 bits per heavy atom. The van der Waals surface area contributed by atoms with Gasteiger partial charge in [-0.15, -0.1) is 0 Å². The summed E-state index contributed by atoms with van der Waals surface area (Å²) in [6.07, 6.45) is 0. The average Bonchev–Trinajstić information content (AvgIpc) is 2.27. The van der Waals surface area contributed by atoms with Crippen molar-refractivity contribution in [1.82, 2.24) is 4.98 Å². The van der Waals surface area contributed by atoms with Crippen LogP contribution in [0.4, 0.5) is 10.1 Å². The number of fused-ring (bicyclic) bond motifs is 1. The number of halogens is 1. The lowest BCUT2D eigenvalue weighted by atomic mass is 10.1. The van der Waals surface area contributed by atoms with E-state index in [2.05, 4.69) is 10.3 Å². The Morgan fingerprint density at radius 1 is 1.39 bits per heavy atom. The van der Waals surface area contributed by atoms with Crippen LogP contribution in [0.15, 0.2) is 24.3 Å². The van der Waals surface area contributed by atoms with E-state index in [1.807, 2.05) is 13.8 Å². The standard InChI is InChI=1S/C13H14FN3O/c1-7(2)16-11-8-5-3-4-6-9(8)17-12(14)10(11)13(15)18/h3-7H,1-2H3,(H2,15,18)(H,16,17). The lowest BCUT2D eigenvalue weighted by Gasteiger charge is -2.16. The van der Waals surface area contributed by atoms with E-state index in [-0.39, 0.29) is 11.6 Å². The third-order valence-electron chi connectivity index (χ3n) is 2.53. The molecule has 18 heavy (non-hydrogen) atoms. The number of hydrogen-bond acceptors (Lipinski definition) is 3. The fraction of sp³-hybridized carbons (Fsp3) is 0.231. The maximum Gasteiger partial charge on any atom is 0.255 e. The van der Waals surface area contributed by atoms with Gasteiger partial charge in [-0.25, -0.2) is 4.98 Å². The third-order valence-corrected chi connectivity index (χ3v) is 2.53. The van der Waals surface area contributed by atoms with E-state index in [9.17, 15) is 9.18 Å². The van der Waals surface area contributed by atoms with Crippen LogP contribution in [0, 0.1) is 5.95 Å². The molecular weight excluding hydrogens is 233 g/mol. The van der Waals surface area contributed by atoms with Gasteiger partial charge in [0, 0.05) is 11.4 Å². The second kappa shape index (κ2) is 4.60. The van der Waals surface area contributed by atoms with Gasteiger partial charge in [-0.05, 0) is 19.9 Å². The van der Waals surface area contributed by atoms with Crippen molar-refractivity contribution < 1.29 is 9.18 Å². The van der Waals surface area contributed by atoms with Crippen molar-refractivity contribution in [2.45, 2.75) is 19.9 Å². The molecule has 0 radical (unpaired) electrons. The molecule has 0 aliphatic heterocycles. The molecule has 0 saturated heterocycles. The molecule has 0 aliphatic carbocycles. The van der Waals surface area contributed by atoms with Crippen molar-refractivity contribution in [2.24, 2.45) is 5.73 Å². The molecule has 5 heteroatoms. The lowest BCUT2D eigenvalue weighted by molar-refractivity contribution is 0.0996. The number of nitrogens with zero attached hydrogens (tertiary/aromatic N) is 1. The minimum atomic E-state index is -0.843. The highest BCUT2D eigenvalue weighted by Gasteiger charge is 2.19. The molecule has 3 N–H and O–H groups in total. The zero-order valence-electron chi connectivity index (χ0n) is 10.2. The Kier molecular flexibility index (Phi) is 3.14. The van der Waals surface area contributed by atoms with Crippen LogP contribution >= 0.6 is 0 Å². The molecule has 0 saturated carbocycles. The number of carbonyl (C=O) groups excluding carboxylic acids is 1. The molecule has 2 rings (SSSR count). The van der Waals surface area contributed by atoms with E-state index in [0.717, 1.165) is 0 Å². The summed E-state index contributed by atoms with van der Waals surface area (Å²) in [5.41, 5.74) is 5.92. The SMILES string of the molecule is CC(C)Nc1c(C(N)=O)c(F)nc2ccccc12. The minimum absolute atomic E-state index is 0.0494. The minimum Gasteiger partial charge on any atom is -0.382 e. The van der Waals surface area contributed by atoms with Gasteiger partial charge in [-0.3, -0.25) is 4.79 Å². The molecule has 1 heterocycles. The van der Waals surface area contributed by atoms with Gasteiger partial charge in [0.2, 0.25) is 5.95 Å². The molecular formula is C13H14FN3O. The van der Waals surface area contributed by atoms with E-state index in [1.54, 1.807) is 24.3 Å². The molecule has 2 aromatic rings. The highest BCUT2D eigenvalue weighted by atomic mass is 19.1. The molecule has 1 amide bonds. The maximum atomic E-state index is 13.8. The van der Waals surface area contributed by atoms with Crippen LogP contribution in [0.3, 0.4) is 0 Å². The van der Waals surface area contributed by atoms with Crippen LogP contribution in [-0.2, 0) is 0 Å². The number of carbonyl (C=O) groups is 1. The Hall–Kier alpha value is -2.17. The molecule has 0 bridgehead atoms. The number of anilines is 1. The van der Waals surface area contributed by atoms with Gasteiger partial charge in [-0.2, -0.15) is 4.39 Å². The number of aromatic nitrogens is 1. The number of amides is 1. The summed E-state index contributed by atoms with van der Waals surface area (Å²) in [6, 6.07) is 7.08. The first kappa shape index (κ1) is 12.3. The van der Waals surface area contributed by atoms with Crippen LogP contribution in [0.5, 0.6) is 0 Å². The fourth-order valence-electron chi connectivity index (χ4n) is 1.85. The monoisotopic (exact) mass is 247 g/mol. The topological polar surface area (TPSA) is 68.0 Å². The Labute approximate surface area is 104 Å². The lowest BCUT2D eigenvalue weighted by Crippen LogP contribution is -2.20. The number of nitrogens with two attached hydrogens (primary N) is 1. The first-order chi connectivity index (χ1) is 8.50. The maximum absolute atomic E-state index is 13.8. The summed E-state index contributed by atoms with van der Waals surface area (Å²) in [4.78, 5) is 15.1. The predicted molar refractivity (Wildman–Crippen MR) is 69.0 cm³/mol. The molecule has 0 aliphatic rings. The molecule has 4 nitrogen and oxygen atoms in total. The third kappa shape index (κ3) is 2.11. The van der Waals surface area contributed by atoms with E-state index >= 15 is 0 Å². The number of nitrogens with one attached hydrogen (secondary N) is 1. The van der Waals surface area contributed by atoms with Crippen molar-refractivity contribution in [3.8, 4) is 0 Å². The van der Waals surface area contributed by atoms with Crippen LogP contribution in [-0.4, -0.2) is 16.9 Å². The summed E-state index contributed by atoms with van der Waals surface area (Å²) in [6.45, 7) is 3.80. The highest BCUT2D eigenvalue weighted by Crippen LogP contribution is 2.28. The smallest absolute Gasteiger partial charge is 0.255 e. The quantitative estimate of drug-likeness (QED) is 0.818. The second-order valence-corrected chi connectivity index (χ2v) is 4.33. The van der Waals surface area contributed by atoms with E-state index in [0.29, 0.717) is 16.6 Å². The van der Waals surface area contributed by atoms with Crippen LogP contribution in [0.25, 0.3) is 10.9 Å². The molecule has 1 aromatic heterocycles. The Morgan fingerprint density at radius 3 is 2.67 bits per heavy atom. The molecule has 0 atom stereocenters. The zero-order valence-corrected chi connectivity index (χ0v) is 10.2. The number of para-hydroxylation sites is 1. The molecule has 0 unspecified atom stereocenters. The number of rotatable bonds is 3. The number of primary amides is 1. The largest absolute Gasteiger partial charge is 0.382 e. The fourth-order valence-corrected chi connectivity index (χ4v) is 1.85. The van der Waals surface area contributed by atoms with Crippen molar-refractivity contribution in [1.29, 1.82) is 0 Å². The van der Waals surface area contributed by atoms with Crippen molar-refractivity contribution in [3.05, 3.63) is 35.8 Å². The number of pyridine rings is 1. The van der Waals surface area contributed by atoms with Gasteiger partial charge in [0.1, 0.15) is 5.56 Å². The Bertz CT molecular complexity index is 610. The van der Waals surface area contributed by atoms with E-state index < -0.39 is 11.9 Å². The average molecular weight is 247 g/mol. The summed E-state index contributed by atoms with van der Waals surface area (Å²) in [5.74, 6) is -1.67. The van der Waals surface area contributed by atoms with Gasteiger partial charge in [0.25, 0.3) is 5.91 Å². The first-order valence-electron chi connectivity index (χ1n) is 5.65. The van der Waals surface area contributed by atoms with Crippen LogP contribution in [0.2, 0.25) is 0 Å². The van der Waals surface area contributed by atoms with Gasteiger partial charge in [0.05, 0.1) is 11.2 Å². The van der Waals surface area contributed by atoms with E-state index in [4.69, 9.17) is 5.73 Å². The van der Waals surface area contributed by atoms with E-state index in [1.165, 1.54) is 0 Å². The first-order valence-corrected chi connectivity index (χ1v) is 5.65. The van der Waals surface area contributed by atoms with Crippen molar-refractivity contribution >= 4 is 22.5 Å². The summed E-state index contributed by atoms with van der Waals surface area (Å²) < 4.78 is 13.8. The number of hydrogen-bond donors (Lipinski definition) is 2. The zero-order chi connectivity index (χ0) is 13.3. The van der Waals surface area contributed by atoms with Gasteiger partial charge in [0.15, 0.2) is 0 Å². The normalized spacial score (nSPS) is 10.9. The summed E-state index contributed by atoms with van der Waals surface area (Å²) in [7, 11) is 0. The molecule has 0 fully saturated rings. The van der Waals surface area contributed by atoms with Gasteiger partial charge in [-0.1, -0.05) is 18.2 Å². The van der Waals surface area contributed by atoms with Gasteiger partial charge < -0.3 is 11.1 Å². The Balaban J connectivity index is 2.80. The molecule has 94 valence electrons. The predicted octanol–water partition coefficient (Wildman–Crippen LogP) is 2.29. The number of benzene rings is 1. The summed E-state index contributed by atoms with van der Waals surface area (Å²) in [5, 5.41) is 3.74. The summed E-state index contributed by atoms with van der Waals surface area (Å²) >= 11 is 0. The van der Waals surface area contributed by atoms with Crippen LogP contribution < -0.4 is 11.1 Å². The highest BCUT2D eigenvalue weighted by molar-refractivity contribution is 6.06. The molecule has 0 spiro atoms. The van der Waals surface area contributed by atoms with Crippen molar-refractivity contribution in [2.75, 3.05) is 5.32 Å².